The highest BCUT2D eigenvalue weighted by molar-refractivity contribution is 5.76. The molecule has 0 aromatic carbocycles. The van der Waals surface area contributed by atoms with Crippen LogP contribution in [-0.4, -0.2) is 79.1 Å². The number of urea groups is 1. The molecule has 0 aliphatic carbocycles. The molecule has 110 valence electrons. The van der Waals surface area contributed by atoms with Gasteiger partial charge in [0.2, 0.25) is 0 Å². The second kappa shape index (κ2) is 7.33. The van der Waals surface area contributed by atoms with Crippen molar-refractivity contribution in [2.24, 2.45) is 5.92 Å². The number of carboxylic acids is 1. The lowest BCUT2D eigenvalue weighted by molar-refractivity contribution is -0.143. The zero-order valence-electron chi connectivity index (χ0n) is 12.1. The summed E-state index contributed by atoms with van der Waals surface area (Å²) in [6, 6.07) is -0.0512. The van der Waals surface area contributed by atoms with Gasteiger partial charge in [0.05, 0.1) is 5.92 Å². The molecule has 1 aliphatic rings. The van der Waals surface area contributed by atoms with Crippen LogP contribution in [0.1, 0.15) is 19.3 Å². The Hall–Kier alpha value is -1.30. The normalized spacial score (nSPS) is 19.6. The summed E-state index contributed by atoms with van der Waals surface area (Å²) < 4.78 is 0. The Balaban J connectivity index is 2.40. The van der Waals surface area contributed by atoms with Gasteiger partial charge in [-0.05, 0) is 39.9 Å². The summed E-state index contributed by atoms with van der Waals surface area (Å²) in [6.45, 7) is 2.65. The zero-order valence-corrected chi connectivity index (χ0v) is 12.1. The van der Waals surface area contributed by atoms with Crippen LogP contribution in [0.5, 0.6) is 0 Å². The Morgan fingerprint density at radius 2 is 1.95 bits per heavy atom. The van der Waals surface area contributed by atoms with Crippen LogP contribution in [0.4, 0.5) is 4.79 Å². The summed E-state index contributed by atoms with van der Waals surface area (Å²) in [6.07, 6.45) is 2.36. The average molecular weight is 271 g/mol. The lowest BCUT2D eigenvalue weighted by Gasteiger charge is -2.33. The maximum atomic E-state index is 12.2. The monoisotopic (exact) mass is 271 g/mol. The number of likely N-dealkylation sites (tertiary alicyclic amines) is 1. The first kappa shape index (κ1) is 15.8. The second-order valence-electron chi connectivity index (χ2n) is 5.48. The van der Waals surface area contributed by atoms with Crippen molar-refractivity contribution >= 4 is 12.0 Å². The van der Waals surface area contributed by atoms with E-state index in [0.29, 0.717) is 26.1 Å². The molecule has 0 aromatic heterocycles. The van der Waals surface area contributed by atoms with Crippen molar-refractivity contribution in [1.29, 1.82) is 0 Å². The highest BCUT2D eigenvalue weighted by Crippen LogP contribution is 2.17. The molecule has 1 N–H and O–H groups in total. The van der Waals surface area contributed by atoms with Crippen molar-refractivity contribution in [2.45, 2.75) is 19.3 Å². The van der Waals surface area contributed by atoms with Gasteiger partial charge in [-0.1, -0.05) is 0 Å². The third kappa shape index (κ3) is 5.06. The Morgan fingerprint density at radius 1 is 1.26 bits per heavy atom. The van der Waals surface area contributed by atoms with Crippen molar-refractivity contribution in [3.05, 3.63) is 0 Å². The van der Waals surface area contributed by atoms with Crippen molar-refractivity contribution in [3.63, 3.8) is 0 Å². The molecule has 19 heavy (non-hydrogen) atoms. The molecule has 2 amide bonds. The maximum absolute atomic E-state index is 12.2. The third-order valence-corrected chi connectivity index (χ3v) is 3.47. The molecule has 0 radical (unpaired) electrons. The molecular weight excluding hydrogens is 246 g/mol. The van der Waals surface area contributed by atoms with E-state index in [4.69, 9.17) is 5.11 Å². The molecule has 0 saturated carbocycles. The Kier molecular flexibility index (Phi) is 6.08. The Bertz CT molecular complexity index is 320. The minimum absolute atomic E-state index is 0.0512. The molecule has 1 saturated heterocycles. The van der Waals surface area contributed by atoms with E-state index < -0.39 is 11.9 Å². The predicted molar refractivity (Wildman–Crippen MR) is 73.1 cm³/mol. The van der Waals surface area contributed by atoms with Gasteiger partial charge in [0.25, 0.3) is 0 Å². The van der Waals surface area contributed by atoms with E-state index >= 15 is 0 Å². The third-order valence-electron chi connectivity index (χ3n) is 3.47. The van der Waals surface area contributed by atoms with Gasteiger partial charge in [0.15, 0.2) is 0 Å². The molecule has 1 atom stereocenters. The van der Waals surface area contributed by atoms with Crippen LogP contribution in [0.25, 0.3) is 0 Å². The molecule has 0 spiro atoms. The van der Waals surface area contributed by atoms with E-state index in [-0.39, 0.29) is 6.03 Å². The van der Waals surface area contributed by atoms with E-state index in [0.717, 1.165) is 19.4 Å². The molecule has 0 aromatic rings. The molecule has 1 fully saturated rings. The molecule has 1 heterocycles. The summed E-state index contributed by atoms with van der Waals surface area (Å²) in [5.74, 6) is -1.21. The summed E-state index contributed by atoms with van der Waals surface area (Å²) in [4.78, 5) is 28.6. The first-order chi connectivity index (χ1) is 8.91. The predicted octanol–water partition coefficient (Wildman–Crippen LogP) is 0.786. The van der Waals surface area contributed by atoms with Crippen molar-refractivity contribution in [1.82, 2.24) is 14.7 Å². The van der Waals surface area contributed by atoms with Gasteiger partial charge < -0.3 is 19.8 Å². The number of rotatable bonds is 5. The minimum Gasteiger partial charge on any atom is -0.481 e. The van der Waals surface area contributed by atoms with Crippen LogP contribution >= 0.6 is 0 Å². The van der Waals surface area contributed by atoms with E-state index in [1.54, 1.807) is 16.8 Å². The van der Waals surface area contributed by atoms with Crippen LogP contribution in [0.3, 0.4) is 0 Å². The quantitative estimate of drug-likeness (QED) is 0.803. The van der Waals surface area contributed by atoms with Crippen LogP contribution < -0.4 is 0 Å². The van der Waals surface area contributed by atoms with Gasteiger partial charge in [-0.2, -0.15) is 0 Å². The van der Waals surface area contributed by atoms with E-state index in [1.165, 1.54) is 0 Å². The molecule has 1 rings (SSSR count). The van der Waals surface area contributed by atoms with Gasteiger partial charge in [0, 0.05) is 26.7 Å². The Labute approximate surface area is 115 Å². The summed E-state index contributed by atoms with van der Waals surface area (Å²) >= 11 is 0. The number of aliphatic carboxylic acids is 1. The number of carboxylic acid groups (broad SMARTS) is 1. The number of hydrogen-bond donors (Lipinski definition) is 1. The van der Waals surface area contributed by atoms with E-state index in [2.05, 4.69) is 4.90 Å². The SMILES string of the molecule is CN(C)CCCN(C)C(=O)N1CCC[C@@H](C(=O)O)C1. The second-order valence-corrected chi connectivity index (χ2v) is 5.48. The van der Waals surface area contributed by atoms with Crippen LogP contribution in [0.2, 0.25) is 0 Å². The molecule has 6 heteroatoms. The molecule has 1 aliphatic heterocycles. The standard InChI is InChI=1S/C13H25N3O3/c1-14(2)7-5-8-15(3)13(19)16-9-4-6-11(10-16)12(17)18/h11H,4-10H2,1-3H3,(H,17,18)/t11-/m1/s1. The minimum atomic E-state index is -0.798. The number of amides is 2. The summed E-state index contributed by atoms with van der Waals surface area (Å²) in [5.41, 5.74) is 0. The lowest BCUT2D eigenvalue weighted by Crippen LogP contribution is -2.48. The topological polar surface area (TPSA) is 64.1 Å². The van der Waals surface area contributed by atoms with Gasteiger partial charge in [0.1, 0.15) is 0 Å². The van der Waals surface area contributed by atoms with Crippen molar-refractivity contribution < 1.29 is 14.7 Å². The zero-order chi connectivity index (χ0) is 14.4. The van der Waals surface area contributed by atoms with E-state index in [9.17, 15) is 9.59 Å². The lowest BCUT2D eigenvalue weighted by atomic mass is 9.99. The number of carbonyl (C=O) groups excluding carboxylic acids is 1. The fourth-order valence-electron chi connectivity index (χ4n) is 2.31. The van der Waals surface area contributed by atoms with Gasteiger partial charge in [-0.3, -0.25) is 4.79 Å². The molecule has 6 nitrogen and oxygen atoms in total. The van der Waals surface area contributed by atoms with Crippen molar-refractivity contribution in [3.8, 4) is 0 Å². The Morgan fingerprint density at radius 3 is 2.53 bits per heavy atom. The number of carbonyl (C=O) groups is 2. The number of piperidine rings is 1. The van der Waals surface area contributed by atoms with Crippen LogP contribution in [0, 0.1) is 5.92 Å². The number of hydrogen-bond acceptors (Lipinski definition) is 3. The first-order valence-electron chi connectivity index (χ1n) is 6.79. The smallest absolute Gasteiger partial charge is 0.319 e. The summed E-state index contributed by atoms with van der Waals surface area (Å²) in [5, 5.41) is 9.02. The van der Waals surface area contributed by atoms with Gasteiger partial charge in [-0.25, -0.2) is 4.79 Å². The fourth-order valence-corrected chi connectivity index (χ4v) is 2.31. The van der Waals surface area contributed by atoms with Gasteiger partial charge >= 0.3 is 12.0 Å². The van der Waals surface area contributed by atoms with E-state index in [1.807, 2.05) is 14.1 Å². The van der Waals surface area contributed by atoms with Gasteiger partial charge in [-0.15, -0.1) is 0 Å². The van der Waals surface area contributed by atoms with Crippen LogP contribution in [0.15, 0.2) is 0 Å². The molecular formula is C13H25N3O3. The maximum Gasteiger partial charge on any atom is 0.319 e. The molecule has 0 bridgehead atoms. The first-order valence-corrected chi connectivity index (χ1v) is 6.79. The highest BCUT2D eigenvalue weighted by atomic mass is 16.4. The highest BCUT2D eigenvalue weighted by Gasteiger charge is 2.29. The van der Waals surface area contributed by atoms with Crippen LogP contribution in [-0.2, 0) is 4.79 Å². The average Bonchev–Trinajstić information content (AvgIpc) is 2.37. The number of nitrogens with zero attached hydrogens (tertiary/aromatic N) is 3. The van der Waals surface area contributed by atoms with Crippen molar-refractivity contribution in [2.75, 3.05) is 47.3 Å². The fraction of sp³-hybridized carbons (Fsp3) is 0.846. The molecule has 0 unspecified atom stereocenters. The summed E-state index contributed by atoms with van der Waals surface area (Å²) in [7, 11) is 5.79. The largest absolute Gasteiger partial charge is 0.481 e.